The summed E-state index contributed by atoms with van der Waals surface area (Å²) in [4.78, 5) is 19.6. The largest absolute Gasteiger partial charge is 0.355 e. The number of nitro benzene ring substituents is 1. The van der Waals surface area contributed by atoms with Crippen molar-refractivity contribution in [1.82, 2.24) is 10.0 Å². The Morgan fingerprint density at radius 2 is 2.05 bits per heavy atom. The van der Waals surface area contributed by atoms with Gasteiger partial charge in [0.05, 0.1) is 9.82 Å². The Balaban J connectivity index is 2.80. The van der Waals surface area contributed by atoms with Crippen LogP contribution in [-0.4, -0.2) is 32.3 Å². The topological polar surface area (TPSA) is 118 Å². The molecule has 0 atom stereocenters. The maximum absolute atomic E-state index is 13.3. The van der Waals surface area contributed by atoms with Gasteiger partial charge in [0, 0.05) is 32.1 Å². The number of amides is 1. The lowest BCUT2D eigenvalue weighted by Crippen LogP contribution is -2.33. The number of carbonyl (C=O) groups is 1. The molecule has 1 aromatic carbocycles. The molecule has 0 aliphatic carbocycles. The molecular formula is C10H12FN3O5S. The Kier molecular flexibility index (Phi) is 5.11. The highest BCUT2D eigenvalue weighted by molar-refractivity contribution is 7.89. The maximum Gasteiger partial charge on any atom is 0.304 e. The SMILES string of the molecule is CC(=O)NCCNS(=O)(=O)c1ccc([N+](=O)[O-])c(F)c1. The molecule has 0 aliphatic rings. The second-order valence-electron chi connectivity index (χ2n) is 3.75. The predicted molar refractivity (Wildman–Crippen MR) is 66.9 cm³/mol. The van der Waals surface area contributed by atoms with Gasteiger partial charge in [0.25, 0.3) is 0 Å². The summed E-state index contributed by atoms with van der Waals surface area (Å²) in [6.07, 6.45) is 0. The van der Waals surface area contributed by atoms with Crippen molar-refractivity contribution in [2.75, 3.05) is 13.1 Å². The van der Waals surface area contributed by atoms with E-state index < -0.39 is 31.3 Å². The molecule has 1 aromatic rings. The number of nitrogens with zero attached hydrogens (tertiary/aromatic N) is 1. The molecule has 0 aliphatic heterocycles. The van der Waals surface area contributed by atoms with Crippen LogP contribution in [0, 0.1) is 15.9 Å². The fourth-order valence-corrected chi connectivity index (χ4v) is 2.35. The van der Waals surface area contributed by atoms with Gasteiger partial charge in [0.2, 0.25) is 21.7 Å². The molecule has 20 heavy (non-hydrogen) atoms. The van der Waals surface area contributed by atoms with E-state index in [0.29, 0.717) is 6.07 Å². The van der Waals surface area contributed by atoms with Crippen molar-refractivity contribution in [2.24, 2.45) is 0 Å². The minimum atomic E-state index is -3.99. The summed E-state index contributed by atoms with van der Waals surface area (Å²) in [6, 6.07) is 2.28. The summed E-state index contributed by atoms with van der Waals surface area (Å²) in [6.45, 7) is 1.27. The minimum Gasteiger partial charge on any atom is -0.355 e. The van der Waals surface area contributed by atoms with Gasteiger partial charge in [-0.05, 0) is 6.07 Å². The quantitative estimate of drug-likeness (QED) is 0.440. The van der Waals surface area contributed by atoms with Crippen molar-refractivity contribution in [3.8, 4) is 0 Å². The van der Waals surface area contributed by atoms with Crippen LogP contribution in [-0.2, 0) is 14.8 Å². The zero-order valence-corrected chi connectivity index (χ0v) is 11.2. The number of halogens is 1. The fourth-order valence-electron chi connectivity index (χ4n) is 1.31. The maximum atomic E-state index is 13.3. The van der Waals surface area contributed by atoms with Crippen molar-refractivity contribution in [3.63, 3.8) is 0 Å². The number of hydrogen-bond donors (Lipinski definition) is 2. The zero-order valence-electron chi connectivity index (χ0n) is 10.4. The molecule has 0 saturated heterocycles. The van der Waals surface area contributed by atoms with E-state index in [1.807, 2.05) is 0 Å². The van der Waals surface area contributed by atoms with Crippen LogP contribution in [0.15, 0.2) is 23.1 Å². The van der Waals surface area contributed by atoms with Crippen LogP contribution in [0.3, 0.4) is 0 Å². The Bertz CT molecular complexity index is 632. The first-order chi connectivity index (χ1) is 9.24. The van der Waals surface area contributed by atoms with Gasteiger partial charge in [-0.3, -0.25) is 14.9 Å². The summed E-state index contributed by atoms with van der Waals surface area (Å²) < 4.78 is 39.0. The molecule has 0 unspecified atom stereocenters. The van der Waals surface area contributed by atoms with E-state index in [1.165, 1.54) is 6.92 Å². The third-order valence-corrected chi connectivity index (χ3v) is 3.68. The molecule has 0 saturated carbocycles. The average Bonchev–Trinajstić information content (AvgIpc) is 2.34. The lowest BCUT2D eigenvalue weighted by atomic mass is 10.3. The van der Waals surface area contributed by atoms with Crippen LogP contribution in [0.25, 0.3) is 0 Å². The lowest BCUT2D eigenvalue weighted by molar-refractivity contribution is -0.387. The first-order valence-corrected chi connectivity index (χ1v) is 6.90. The van der Waals surface area contributed by atoms with Crippen LogP contribution in [0.4, 0.5) is 10.1 Å². The van der Waals surface area contributed by atoms with Gasteiger partial charge in [-0.15, -0.1) is 0 Å². The number of sulfonamides is 1. The van der Waals surface area contributed by atoms with Gasteiger partial charge < -0.3 is 5.32 Å². The highest BCUT2D eigenvalue weighted by Crippen LogP contribution is 2.20. The third kappa shape index (κ3) is 4.24. The smallest absolute Gasteiger partial charge is 0.304 e. The number of benzene rings is 1. The van der Waals surface area contributed by atoms with Crippen LogP contribution in [0.5, 0.6) is 0 Å². The zero-order chi connectivity index (χ0) is 15.3. The predicted octanol–water partition coefficient (Wildman–Crippen LogP) is 0.148. The average molecular weight is 305 g/mol. The summed E-state index contributed by atoms with van der Waals surface area (Å²) in [5.74, 6) is -1.55. The first kappa shape index (κ1) is 16.0. The van der Waals surface area contributed by atoms with Gasteiger partial charge in [-0.1, -0.05) is 0 Å². The molecule has 0 fully saturated rings. The summed E-state index contributed by atoms with van der Waals surface area (Å²) in [5, 5.41) is 12.8. The van der Waals surface area contributed by atoms with Crippen LogP contribution in [0.1, 0.15) is 6.92 Å². The van der Waals surface area contributed by atoms with E-state index in [1.54, 1.807) is 0 Å². The molecule has 0 heterocycles. The van der Waals surface area contributed by atoms with E-state index in [9.17, 15) is 27.7 Å². The number of nitro groups is 1. The van der Waals surface area contributed by atoms with Gasteiger partial charge in [-0.2, -0.15) is 4.39 Å². The molecule has 0 aromatic heterocycles. The molecule has 10 heteroatoms. The van der Waals surface area contributed by atoms with Crippen molar-refractivity contribution < 1.29 is 22.5 Å². The van der Waals surface area contributed by atoms with Gasteiger partial charge in [0.15, 0.2) is 0 Å². The number of carbonyl (C=O) groups excluding carboxylic acids is 1. The monoisotopic (exact) mass is 305 g/mol. The van der Waals surface area contributed by atoms with Crippen LogP contribution in [0.2, 0.25) is 0 Å². The van der Waals surface area contributed by atoms with Crippen molar-refractivity contribution >= 4 is 21.6 Å². The second-order valence-corrected chi connectivity index (χ2v) is 5.52. The van der Waals surface area contributed by atoms with Crippen molar-refractivity contribution in [2.45, 2.75) is 11.8 Å². The van der Waals surface area contributed by atoms with Gasteiger partial charge in [-0.25, -0.2) is 13.1 Å². The molecular weight excluding hydrogens is 293 g/mol. The minimum absolute atomic E-state index is 0.0734. The molecule has 1 amide bonds. The van der Waals surface area contributed by atoms with E-state index >= 15 is 0 Å². The standard InChI is InChI=1S/C10H12FN3O5S/c1-7(15)12-4-5-13-20(18,19)8-2-3-10(14(16)17)9(11)6-8/h2-3,6,13H,4-5H2,1H3,(H,12,15). The Morgan fingerprint density at radius 1 is 1.40 bits per heavy atom. The molecule has 1 rings (SSSR count). The normalized spacial score (nSPS) is 11.1. The third-order valence-electron chi connectivity index (χ3n) is 2.22. The van der Waals surface area contributed by atoms with Crippen molar-refractivity contribution in [3.05, 3.63) is 34.1 Å². The Hall–Kier alpha value is -2.07. The van der Waals surface area contributed by atoms with Gasteiger partial charge >= 0.3 is 5.69 Å². The van der Waals surface area contributed by atoms with Crippen LogP contribution >= 0.6 is 0 Å². The highest BCUT2D eigenvalue weighted by atomic mass is 32.2. The Labute approximate surface area is 114 Å². The molecule has 8 nitrogen and oxygen atoms in total. The van der Waals surface area contributed by atoms with Gasteiger partial charge in [0.1, 0.15) is 0 Å². The highest BCUT2D eigenvalue weighted by Gasteiger charge is 2.20. The second kappa shape index (κ2) is 6.39. The molecule has 2 N–H and O–H groups in total. The molecule has 0 bridgehead atoms. The fraction of sp³-hybridized carbons (Fsp3) is 0.300. The summed E-state index contributed by atoms with van der Waals surface area (Å²) >= 11 is 0. The van der Waals surface area contributed by atoms with E-state index in [4.69, 9.17) is 0 Å². The van der Waals surface area contributed by atoms with E-state index in [-0.39, 0.29) is 19.0 Å². The summed E-state index contributed by atoms with van der Waals surface area (Å²) in [5.41, 5.74) is -0.804. The number of hydrogen-bond acceptors (Lipinski definition) is 5. The molecule has 110 valence electrons. The first-order valence-electron chi connectivity index (χ1n) is 5.42. The molecule has 0 radical (unpaired) electrons. The Morgan fingerprint density at radius 3 is 2.55 bits per heavy atom. The van der Waals surface area contributed by atoms with E-state index in [0.717, 1.165) is 12.1 Å². The molecule has 0 spiro atoms. The number of rotatable bonds is 6. The lowest BCUT2D eigenvalue weighted by Gasteiger charge is -2.07. The van der Waals surface area contributed by atoms with Crippen LogP contribution < -0.4 is 10.0 Å². The summed E-state index contributed by atoms with van der Waals surface area (Å²) in [7, 11) is -3.99. The number of nitrogens with one attached hydrogen (secondary N) is 2. The van der Waals surface area contributed by atoms with Crippen molar-refractivity contribution in [1.29, 1.82) is 0 Å². The van der Waals surface area contributed by atoms with E-state index in [2.05, 4.69) is 10.0 Å².